The zero-order chi connectivity index (χ0) is 14.8. The Labute approximate surface area is 131 Å². The highest BCUT2D eigenvalue weighted by Crippen LogP contribution is 2.41. The van der Waals surface area contributed by atoms with Crippen LogP contribution in [0.2, 0.25) is 0 Å². The average molecular weight is 320 g/mol. The molecule has 0 aliphatic heterocycles. The van der Waals surface area contributed by atoms with E-state index in [1.54, 1.807) is 36.9 Å². The number of rotatable bonds is 5. The van der Waals surface area contributed by atoms with E-state index >= 15 is 0 Å². The Hall–Kier alpha value is -1.60. The average Bonchev–Trinajstić information content (AvgIpc) is 3.09. The Morgan fingerprint density at radius 2 is 1.81 bits per heavy atom. The monoisotopic (exact) mass is 320 g/mol. The van der Waals surface area contributed by atoms with Crippen LogP contribution in [0.3, 0.4) is 0 Å². The van der Waals surface area contributed by atoms with Crippen LogP contribution in [-0.4, -0.2) is 14.2 Å². The zero-order valence-corrected chi connectivity index (χ0v) is 13.4. The first kappa shape index (κ1) is 14.3. The number of hydrogen-bond acceptors (Lipinski definition) is 6. The Morgan fingerprint density at radius 1 is 1.10 bits per heavy atom. The summed E-state index contributed by atoms with van der Waals surface area (Å²) in [5.74, 6) is 7.34. The number of fused-ring (bicyclic) bond motifs is 1. The fraction of sp³-hybridized carbons (Fsp3) is 0.200. The summed E-state index contributed by atoms with van der Waals surface area (Å²) in [6, 6.07) is 9.86. The summed E-state index contributed by atoms with van der Waals surface area (Å²) < 4.78 is 13.5. The molecule has 0 aliphatic carbocycles. The first-order valence-electron chi connectivity index (χ1n) is 6.42. The summed E-state index contributed by atoms with van der Waals surface area (Å²) in [7, 11) is 3.30. The van der Waals surface area contributed by atoms with Gasteiger partial charge in [-0.3, -0.25) is 5.84 Å². The summed E-state index contributed by atoms with van der Waals surface area (Å²) in [6.07, 6.45) is 0. The van der Waals surface area contributed by atoms with Crippen molar-refractivity contribution in [3.63, 3.8) is 0 Å². The van der Waals surface area contributed by atoms with Crippen LogP contribution in [0, 0.1) is 0 Å². The summed E-state index contributed by atoms with van der Waals surface area (Å²) in [4.78, 5) is 1.14. The lowest BCUT2D eigenvalue weighted by Gasteiger charge is -2.20. The van der Waals surface area contributed by atoms with Gasteiger partial charge >= 0.3 is 0 Å². The Morgan fingerprint density at radius 3 is 2.38 bits per heavy atom. The fourth-order valence-corrected chi connectivity index (χ4v) is 4.59. The van der Waals surface area contributed by atoms with E-state index < -0.39 is 0 Å². The van der Waals surface area contributed by atoms with Crippen molar-refractivity contribution in [2.24, 2.45) is 5.84 Å². The highest BCUT2D eigenvalue weighted by atomic mass is 32.1. The molecule has 3 N–H and O–H groups in total. The standard InChI is InChI=1S/C15H16N2O2S2/c1-18-9-4-3-5-10(19-2)14(9)15(17-16)13-8-12-11(21-13)6-7-20-12/h3-8,15,17H,16H2,1-2H3. The molecular weight excluding hydrogens is 304 g/mol. The van der Waals surface area contributed by atoms with Crippen molar-refractivity contribution in [3.05, 3.63) is 46.2 Å². The molecule has 0 aliphatic rings. The van der Waals surface area contributed by atoms with Crippen molar-refractivity contribution < 1.29 is 9.47 Å². The van der Waals surface area contributed by atoms with E-state index in [0.717, 1.165) is 21.9 Å². The minimum atomic E-state index is -0.166. The molecule has 0 saturated heterocycles. The second kappa shape index (κ2) is 6.03. The first-order valence-corrected chi connectivity index (χ1v) is 8.12. The van der Waals surface area contributed by atoms with Crippen LogP contribution in [-0.2, 0) is 0 Å². The van der Waals surface area contributed by atoms with Gasteiger partial charge in [0.25, 0.3) is 0 Å². The molecule has 2 aromatic heterocycles. The van der Waals surface area contributed by atoms with E-state index in [4.69, 9.17) is 15.3 Å². The molecular formula is C15H16N2O2S2. The van der Waals surface area contributed by atoms with Crippen molar-refractivity contribution in [3.8, 4) is 11.5 Å². The minimum Gasteiger partial charge on any atom is -0.496 e. The number of ether oxygens (including phenoxy) is 2. The molecule has 0 bridgehead atoms. The quantitative estimate of drug-likeness (QED) is 0.558. The summed E-state index contributed by atoms with van der Waals surface area (Å²) in [6.45, 7) is 0. The van der Waals surface area contributed by atoms with Crippen molar-refractivity contribution in [1.29, 1.82) is 0 Å². The van der Waals surface area contributed by atoms with Gasteiger partial charge in [-0.1, -0.05) is 6.07 Å². The van der Waals surface area contributed by atoms with Gasteiger partial charge in [0.05, 0.1) is 25.8 Å². The van der Waals surface area contributed by atoms with Crippen molar-refractivity contribution in [2.45, 2.75) is 6.04 Å². The van der Waals surface area contributed by atoms with E-state index in [9.17, 15) is 0 Å². The SMILES string of the molecule is COc1cccc(OC)c1C(NN)c1cc2sccc2s1. The number of methoxy groups -OCH3 is 2. The minimum absolute atomic E-state index is 0.166. The maximum atomic E-state index is 5.82. The molecule has 3 aromatic rings. The normalized spacial score (nSPS) is 12.5. The zero-order valence-electron chi connectivity index (χ0n) is 11.8. The van der Waals surface area contributed by atoms with Gasteiger partial charge in [0.1, 0.15) is 11.5 Å². The van der Waals surface area contributed by atoms with E-state index in [1.807, 2.05) is 18.2 Å². The van der Waals surface area contributed by atoms with Gasteiger partial charge < -0.3 is 9.47 Å². The summed E-state index contributed by atoms with van der Waals surface area (Å²) in [5, 5.41) is 2.10. The lowest BCUT2D eigenvalue weighted by molar-refractivity contribution is 0.377. The van der Waals surface area contributed by atoms with Crippen LogP contribution in [0.1, 0.15) is 16.5 Å². The van der Waals surface area contributed by atoms with Crippen LogP contribution < -0.4 is 20.7 Å². The van der Waals surface area contributed by atoms with Crippen molar-refractivity contribution in [2.75, 3.05) is 14.2 Å². The van der Waals surface area contributed by atoms with Crippen LogP contribution in [0.5, 0.6) is 11.5 Å². The number of thiophene rings is 2. The predicted molar refractivity (Wildman–Crippen MR) is 88.4 cm³/mol. The molecule has 21 heavy (non-hydrogen) atoms. The number of hydrogen-bond donors (Lipinski definition) is 2. The third-order valence-electron chi connectivity index (χ3n) is 3.36. The van der Waals surface area contributed by atoms with E-state index in [1.165, 1.54) is 9.40 Å². The van der Waals surface area contributed by atoms with Crippen LogP contribution in [0.25, 0.3) is 9.40 Å². The molecule has 1 unspecified atom stereocenters. The van der Waals surface area contributed by atoms with Crippen molar-refractivity contribution in [1.82, 2.24) is 5.43 Å². The molecule has 3 rings (SSSR count). The largest absolute Gasteiger partial charge is 0.496 e. The Bertz CT molecular complexity index is 700. The Kier molecular flexibility index (Phi) is 4.12. The van der Waals surface area contributed by atoms with Gasteiger partial charge in [0.15, 0.2) is 0 Å². The van der Waals surface area contributed by atoms with E-state index in [-0.39, 0.29) is 6.04 Å². The molecule has 0 radical (unpaired) electrons. The van der Waals surface area contributed by atoms with Crippen LogP contribution in [0.15, 0.2) is 35.7 Å². The lowest BCUT2D eigenvalue weighted by Crippen LogP contribution is -2.29. The third kappa shape index (κ3) is 2.51. The molecule has 2 heterocycles. The van der Waals surface area contributed by atoms with Crippen molar-refractivity contribution >= 4 is 32.1 Å². The van der Waals surface area contributed by atoms with Crippen LogP contribution >= 0.6 is 22.7 Å². The molecule has 4 nitrogen and oxygen atoms in total. The van der Waals surface area contributed by atoms with Crippen LogP contribution in [0.4, 0.5) is 0 Å². The van der Waals surface area contributed by atoms with E-state index in [2.05, 4.69) is 22.9 Å². The van der Waals surface area contributed by atoms with Gasteiger partial charge in [-0.05, 0) is 29.6 Å². The molecule has 6 heteroatoms. The number of nitrogens with one attached hydrogen (secondary N) is 1. The lowest BCUT2D eigenvalue weighted by atomic mass is 10.0. The van der Waals surface area contributed by atoms with E-state index in [0.29, 0.717) is 0 Å². The van der Waals surface area contributed by atoms with Gasteiger partial charge in [0.2, 0.25) is 0 Å². The second-order valence-electron chi connectivity index (χ2n) is 4.47. The molecule has 1 aromatic carbocycles. The maximum absolute atomic E-state index is 5.82. The molecule has 0 saturated carbocycles. The molecule has 0 fully saturated rings. The smallest absolute Gasteiger partial charge is 0.127 e. The summed E-state index contributed by atoms with van der Waals surface area (Å²) in [5.41, 5.74) is 3.81. The topological polar surface area (TPSA) is 56.5 Å². The highest BCUT2D eigenvalue weighted by Gasteiger charge is 2.23. The van der Waals surface area contributed by atoms with Gasteiger partial charge in [-0.2, -0.15) is 0 Å². The fourth-order valence-electron chi connectivity index (χ4n) is 2.40. The predicted octanol–water partition coefficient (Wildman–Crippen LogP) is 3.53. The highest BCUT2D eigenvalue weighted by molar-refractivity contribution is 7.27. The summed E-state index contributed by atoms with van der Waals surface area (Å²) >= 11 is 3.46. The number of hydrazine groups is 1. The Balaban J connectivity index is 2.13. The second-order valence-corrected chi connectivity index (χ2v) is 6.54. The number of benzene rings is 1. The van der Waals surface area contributed by atoms with Gasteiger partial charge in [-0.15, -0.1) is 22.7 Å². The van der Waals surface area contributed by atoms with Gasteiger partial charge in [0, 0.05) is 14.3 Å². The third-order valence-corrected chi connectivity index (χ3v) is 5.52. The molecule has 110 valence electrons. The number of nitrogens with two attached hydrogens (primary N) is 1. The maximum Gasteiger partial charge on any atom is 0.127 e. The molecule has 0 spiro atoms. The molecule has 1 atom stereocenters. The van der Waals surface area contributed by atoms with Gasteiger partial charge in [-0.25, -0.2) is 5.43 Å². The molecule has 0 amide bonds. The first-order chi connectivity index (χ1) is 10.3.